The molecule has 0 spiro atoms. The highest BCUT2D eigenvalue weighted by Gasteiger charge is 2.20. The molecular formula is C23H26N4O2S. The number of nitrogens with zero attached hydrogens (tertiary/aromatic N) is 3. The molecule has 0 saturated heterocycles. The summed E-state index contributed by atoms with van der Waals surface area (Å²) in [6, 6.07) is 17.8. The fraction of sp³-hybridized carbons (Fsp3) is 0.261. The fourth-order valence-corrected chi connectivity index (χ4v) is 3.84. The van der Waals surface area contributed by atoms with Crippen LogP contribution in [-0.2, 0) is 17.8 Å². The lowest BCUT2D eigenvalue weighted by molar-refractivity contribution is -0.120. The zero-order valence-corrected chi connectivity index (χ0v) is 18.1. The summed E-state index contributed by atoms with van der Waals surface area (Å²) in [7, 11) is 1.64. The molecule has 0 fully saturated rings. The van der Waals surface area contributed by atoms with E-state index in [1.165, 1.54) is 17.3 Å². The highest BCUT2D eigenvalue weighted by atomic mass is 32.2. The standard InChI is InChI=1S/C23H26N4O2S/c1-4-16-27-21(19-10-12-20(29-3)13-11-19)25-26-23(27)30-17(2)22(28)24-15-14-18-8-6-5-7-9-18/h4-13,17H,1,14-16H2,2-3H3,(H,24,28)/t17-/m1/s1. The zero-order chi connectivity index (χ0) is 21.3. The van der Waals surface area contributed by atoms with Crippen molar-refractivity contribution in [3.63, 3.8) is 0 Å². The minimum Gasteiger partial charge on any atom is -0.497 e. The van der Waals surface area contributed by atoms with Gasteiger partial charge in [-0.15, -0.1) is 16.8 Å². The first-order valence-corrected chi connectivity index (χ1v) is 10.7. The van der Waals surface area contributed by atoms with Gasteiger partial charge < -0.3 is 10.1 Å². The molecule has 0 saturated carbocycles. The lowest BCUT2D eigenvalue weighted by Gasteiger charge is -2.13. The molecule has 7 heteroatoms. The van der Waals surface area contributed by atoms with E-state index < -0.39 is 0 Å². The monoisotopic (exact) mass is 422 g/mol. The Labute approximate surface area is 181 Å². The van der Waals surface area contributed by atoms with Crippen molar-refractivity contribution in [1.29, 1.82) is 0 Å². The Bertz CT molecular complexity index is 971. The lowest BCUT2D eigenvalue weighted by Crippen LogP contribution is -2.32. The Morgan fingerprint density at radius 2 is 1.93 bits per heavy atom. The highest BCUT2D eigenvalue weighted by molar-refractivity contribution is 8.00. The normalized spacial score (nSPS) is 11.7. The van der Waals surface area contributed by atoms with Gasteiger partial charge in [-0.1, -0.05) is 48.2 Å². The number of nitrogens with one attached hydrogen (secondary N) is 1. The van der Waals surface area contributed by atoms with Crippen molar-refractivity contribution in [2.75, 3.05) is 13.7 Å². The number of hydrogen-bond acceptors (Lipinski definition) is 5. The van der Waals surface area contributed by atoms with Crippen molar-refractivity contribution in [2.45, 2.75) is 30.3 Å². The van der Waals surface area contributed by atoms with Gasteiger partial charge in [0.25, 0.3) is 0 Å². The molecule has 1 atom stereocenters. The molecule has 0 aliphatic rings. The molecule has 1 amide bonds. The number of rotatable bonds is 10. The number of amides is 1. The van der Waals surface area contributed by atoms with Gasteiger partial charge in [-0.25, -0.2) is 0 Å². The number of carbonyl (C=O) groups is 1. The van der Waals surface area contributed by atoms with Gasteiger partial charge in [0.1, 0.15) is 5.75 Å². The first-order valence-electron chi connectivity index (χ1n) is 9.79. The number of allylic oxidation sites excluding steroid dienone is 1. The third-order valence-electron chi connectivity index (χ3n) is 4.58. The zero-order valence-electron chi connectivity index (χ0n) is 17.2. The first-order chi connectivity index (χ1) is 14.6. The third-order valence-corrected chi connectivity index (χ3v) is 5.66. The summed E-state index contributed by atoms with van der Waals surface area (Å²) in [6.45, 7) is 6.87. The van der Waals surface area contributed by atoms with Gasteiger partial charge in [-0.2, -0.15) is 0 Å². The van der Waals surface area contributed by atoms with E-state index in [0.717, 1.165) is 23.6 Å². The molecule has 1 heterocycles. The van der Waals surface area contributed by atoms with Gasteiger partial charge in [0.05, 0.1) is 12.4 Å². The van der Waals surface area contributed by atoms with E-state index in [1.807, 2.05) is 54.0 Å². The minimum atomic E-state index is -0.294. The molecular weight excluding hydrogens is 396 g/mol. The highest BCUT2D eigenvalue weighted by Crippen LogP contribution is 2.28. The number of carbonyl (C=O) groups excluding carboxylic acids is 1. The van der Waals surface area contributed by atoms with Crippen LogP contribution < -0.4 is 10.1 Å². The Hall–Kier alpha value is -3.06. The van der Waals surface area contributed by atoms with Crippen LogP contribution in [-0.4, -0.2) is 39.6 Å². The quantitative estimate of drug-likeness (QED) is 0.395. The van der Waals surface area contributed by atoms with Crippen molar-refractivity contribution in [3.8, 4) is 17.1 Å². The van der Waals surface area contributed by atoms with Crippen molar-refractivity contribution >= 4 is 17.7 Å². The van der Waals surface area contributed by atoms with Crippen LogP contribution in [0, 0.1) is 0 Å². The van der Waals surface area contributed by atoms with E-state index in [2.05, 4.69) is 34.2 Å². The molecule has 0 unspecified atom stereocenters. The maximum Gasteiger partial charge on any atom is 0.233 e. The van der Waals surface area contributed by atoms with Crippen molar-refractivity contribution in [3.05, 3.63) is 72.8 Å². The molecule has 1 N–H and O–H groups in total. The van der Waals surface area contributed by atoms with Crippen molar-refractivity contribution in [2.24, 2.45) is 0 Å². The summed E-state index contributed by atoms with van der Waals surface area (Å²) in [4.78, 5) is 12.5. The van der Waals surface area contributed by atoms with E-state index in [0.29, 0.717) is 18.2 Å². The van der Waals surface area contributed by atoms with Crippen LogP contribution in [0.5, 0.6) is 5.75 Å². The Balaban J connectivity index is 1.65. The number of aromatic nitrogens is 3. The number of hydrogen-bond donors (Lipinski definition) is 1. The third kappa shape index (κ3) is 5.51. The smallest absolute Gasteiger partial charge is 0.233 e. The van der Waals surface area contributed by atoms with Gasteiger partial charge in [-0.3, -0.25) is 9.36 Å². The summed E-state index contributed by atoms with van der Waals surface area (Å²) >= 11 is 1.39. The van der Waals surface area contributed by atoms with Gasteiger partial charge in [0.2, 0.25) is 5.91 Å². The van der Waals surface area contributed by atoms with Crippen LogP contribution in [0.15, 0.2) is 72.4 Å². The topological polar surface area (TPSA) is 69.0 Å². The van der Waals surface area contributed by atoms with Gasteiger partial charge in [-0.05, 0) is 43.2 Å². The molecule has 0 radical (unpaired) electrons. The molecule has 3 aromatic rings. The van der Waals surface area contributed by atoms with Crippen LogP contribution in [0.2, 0.25) is 0 Å². The fourth-order valence-electron chi connectivity index (χ4n) is 2.95. The molecule has 30 heavy (non-hydrogen) atoms. The van der Waals surface area contributed by atoms with Crippen molar-refractivity contribution < 1.29 is 9.53 Å². The number of benzene rings is 2. The SMILES string of the molecule is C=CCn1c(S[C@H](C)C(=O)NCCc2ccccc2)nnc1-c1ccc(OC)cc1. The van der Waals surface area contributed by atoms with Gasteiger partial charge >= 0.3 is 0 Å². The van der Waals surface area contributed by atoms with E-state index in [4.69, 9.17) is 4.74 Å². The Morgan fingerprint density at radius 3 is 2.60 bits per heavy atom. The maximum absolute atomic E-state index is 12.5. The summed E-state index contributed by atoms with van der Waals surface area (Å²) in [5, 5.41) is 12.1. The van der Waals surface area contributed by atoms with Crippen LogP contribution in [0.4, 0.5) is 0 Å². The summed E-state index contributed by atoms with van der Waals surface area (Å²) in [5.41, 5.74) is 2.13. The van der Waals surface area contributed by atoms with Gasteiger partial charge in [0, 0.05) is 18.7 Å². The molecule has 1 aromatic heterocycles. The summed E-state index contributed by atoms with van der Waals surface area (Å²) in [5.74, 6) is 1.50. The van der Waals surface area contributed by atoms with E-state index >= 15 is 0 Å². The molecule has 3 rings (SSSR count). The van der Waals surface area contributed by atoms with Gasteiger partial charge in [0.15, 0.2) is 11.0 Å². The predicted octanol–water partition coefficient (Wildman–Crippen LogP) is 3.98. The predicted molar refractivity (Wildman–Crippen MR) is 121 cm³/mol. The Morgan fingerprint density at radius 1 is 1.20 bits per heavy atom. The number of methoxy groups -OCH3 is 1. The second-order valence-corrected chi connectivity index (χ2v) is 8.03. The van der Waals surface area contributed by atoms with Crippen molar-refractivity contribution in [1.82, 2.24) is 20.1 Å². The average molecular weight is 423 g/mol. The van der Waals surface area contributed by atoms with E-state index in [1.54, 1.807) is 13.2 Å². The van der Waals surface area contributed by atoms with Crippen LogP contribution in [0.25, 0.3) is 11.4 Å². The van der Waals surface area contributed by atoms with Crippen LogP contribution in [0.3, 0.4) is 0 Å². The molecule has 0 aliphatic heterocycles. The van der Waals surface area contributed by atoms with E-state index in [9.17, 15) is 4.79 Å². The number of ether oxygens (including phenoxy) is 1. The second kappa shape index (κ2) is 10.6. The molecule has 6 nitrogen and oxygen atoms in total. The Kier molecular flexibility index (Phi) is 7.68. The number of thioether (sulfide) groups is 1. The molecule has 0 bridgehead atoms. The molecule has 156 valence electrons. The largest absolute Gasteiger partial charge is 0.497 e. The maximum atomic E-state index is 12.5. The van der Waals surface area contributed by atoms with Crippen LogP contribution >= 0.6 is 11.8 Å². The second-order valence-electron chi connectivity index (χ2n) is 6.72. The summed E-state index contributed by atoms with van der Waals surface area (Å²) < 4.78 is 7.19. The van der Waals surface area contributed by atoms with Crippen LogP contribution in [0.1, 0.15) is 12.5 Å². The summed E-state index contributed by atoms with van der Waals surface area (Å²) in [6.07, 6.45) is 2.60. The first kappa shape index (κ1) is 21.6. The molecule has 2 aromatic carbocycles. The average Bonchev–Trinajstić information content (AvgIpc) is 3.17. The minimum absolute atomic E-state index is 0.0184. The molecule has 0 aliphatic carbocycles. The lowest BCUT2D eigenvalue weighted by atomic mass is 10.1. The van der Waals surface area contributed by atoms with E-state index in [-0.39, 0.29) is 11.2 Å².